The number of benzene rings is 1. The number of anilines is 4. The van der Waals surface area contributed by atoms with Crippen LogP contribution in [-0.2, 0) is 5.60 Å². The number of amides is 1. The predicted octanol–water partition coefficient (Wildman–Crippen LogP) is 3.55. The first-order chi connectivity index (χ1) is 17.7. The number of ether oxygens (including phenoxy) is 1. The Morgan fingerprint density at radius 3 is 2.35 bits per heavy atom. The molecule has 0 bridgehead atoms. The van der Waals surface area contributed by atoms with Gasteiger partial charge in [-0.05, 0) is 32.0 Å². The molecule has 0 unspecified atom stereocenters. The lowest BCUT2D eigenvalue weighted by Gasteiger charge is -2.18. The Kier molecular flexibility index (Phi) is 7.20. The largest absolute Gasteiger partial charge is 0.494 e. The number of para-hydroxylation sites is 1. The highest BCUT2D eigenvalue weighted by Gasteiger charge is 2.19. The van der Waals surface area contributed by atoms with E-state index < -0.39 is 17.3 Å². The molecule has 0 fully saturated rings. The van der Waals surface area contributed by atoms with Crippen LogP contribution in [0, 0.1) is 5.82 Å². The summed E-state index contributed by atoms with van der Waals surface area (Å²) in [4.78, 5) is 24.9. The number of carbonyl (C=O) groups is 1. The van der Waals surface area contributed by atoms with Gasteiger partial charge in [0.15, 0.2) is 28.9 Å². The molecule has 3 aromatic heterocycles. The summed E-state index contributed by atoms with van der Waals surface area (Å²) in [5, 5.41) is 27.1. The topological polar surface area (TPSA) is 147 Å². The molecule has 4 rings (SSSR count). The van der Waals surface area contributed by atoms with Gasteiger partial charge in [0.05, 0.1) is 42.0 Å². The van der Waals surface area contributed by atoms with E-state index in [0.717, 1.165) is 12.4 Å². The summed E-state index contributed by atoms with van der Waals surface area (Å²) in [6.07, 6.45) is 3.69. The zero-order valence-electron chi connectivity index (χ0n) is 20.6. The second kappa shape index (κ2) is 10.5. The minimum atomic E-state index is -1.02. The van der Waals surface area contributed by atoms with Gasteiger partial charge >= 0.3 is 0 Å². The van der Waals surface area contributed by atoms with Gasteiger partial charge in [-0.3, -0.25) is 4.79 Å². The summed E-state index contributed by atoms with van der Waals surface area (Å²) in [6, 6.07) is 10.3. The van der Waals surface area contributed by atoms with Crippen molar-refractivity contribution in [2.75, 3.05) is 24.8 Å². The number of pyridine rings is 1. The Balaban J connectivity index is 1.69. The quantitative estimate of drug-likeness (QED) is 0.281. The van der Waals surface area contributed by atoms with Crippen LogP contribution in [0.1, 0.15) is 29.9 Å². The van der Waals surface area contributed by atoms with E-state index in [-0.39, 0.29) is 11.5 Å². The molecule has 0 saturated heterocycles. The van der Waals surface area contributed by atoms with Crippen molar-refractivity contribution in [3.63, 3.8) is 0 Å². The minimum absolute atomic E-state index is 0.0453. The van der Waals surface area contributed by atoms with Crippen LogP contribution in [0.15, 0.2) is 55.0 Å². The van der Waals surface area contributed by atoms with Crippen LogP contribution in [-0.4, -0.2) is 50.3 Å². The van der Waals surface area contributed by atoms with Gasteiger partial charge < -0.3 is 25.8 Å². The van der Waals surface area contributed by atoms with Gasteiger partial charge in [-0.15, -0.1) is 10.2 Å². The van der Waals surface area contributed by atoms with E-state index >= 15 is 0 Å². The number of carbonyl (C=O) groups excluding carboxylic acids is 1. The van der Waals surface area contributed by atoms with Gasteiger partial charge in [0.1, 0.15) is 5.82 Å². The fourth-order valence-electron chi connectivity index (χ4n) is 3.42. The van der Waals surface area contributed by atoms with Gasteiger partial charge in [0.25, 0.3) is 5.91 Å². The molecule has 0 spiro atoms. The molecule has 0 aliphatic heterocycles. The fourth-order valence-corrected chi connectivity index (χ4v) is 3.42. The summed E-state index contributed by atoms with van der Waals surface area (Å²) in [5.74, 6) is 0.423. The van der Waals surface area contributed by atoms with E-state index in [9.17, 15) is 14.3 Å². The Hall–Kier alpha value is -4.71. The van der Waals surface area contributed by atoms with Gasteiger partial charge in [-0.2, -0.15) is 0 Å². The summed E-state index contributed by atoms with van der Waals surface area (Å²) >= 11 is 0. The standard InChI is InChI=1S/C25H25FN8O3/c1-25(2,36)14-8-9-19(28-11-14)32-20-10-18(21(34-33-20)24(35)27-3)31-17-7-5-6-16(22(17)37-4)23-29-12-15(26)13-30-23/h5-13,36H,1-4H3,(H,27,35)(H2,28,31,32,33). The zero-order valence-corrected chi connectivity index (χ0v) is 20.6. The number of halogens is 1. The highest BCUT2D eigenvalue weighted by molar-refractivity contribution is 5.99. The monoisotopic (exact) mass is 504 g/mol. The molecule has 0 atom stereocenters. The number of rotatable bonds is 8. The molecule has 1 aromatic carbocycles. The van der Waals surface area contributed by atoms with Crippen molar-refractivity contribution in [1.82, 2.24) is 30.5 Å². The maximum Gasteiger partial charge on any atom is 0.273 e. The summed E-state index contributed by atoms with van der Waals surface area (Å²) in [6.45, 7) is 3.34. The maximum atomic E-state index is 13.3. The molecule has 190 valence electrons. The van der Waals surface area contributed by atoms with Crippen LogP contribution in [0.2, 0.25) is 0 Å². The van der Waals surface area contributed by atoms with Gasteiger partial charge in [0.2, 0.25) is 0 Å². The van der Waals surface area contributed by atoms with Crippen LogP contribution in [0.4, 0.5) is 27.4 Å². The molecule has 0 aliphatic rings. The Labute approximate surface area is 212 Å². The molecule has 0 radical (unpaired) electrons. The van der Waals surface area contributed by atoms with Crippen LogP contribution >= 0.6 is 0 Å². The van der Waals surface area contributed by atoms with Crippen molar-refractivity contribution in [3.8, 4) is 17.1 Å². The van der Waals surface area contributed by atoms with Crippen LogP contribution < -0.4 is 20.7 Å². The van der Waals surface area contributed by atoms with Crippen molar-refractivity contribution in [3.05, 3.63) is 72.1 Å². The molecule has 3 heterocycles. The first-order valence-electron chi connectivity index (χ1n) is 11.2. The van der Waals surface area contributed by atoms with Crippen LogP contribution in [0.3, 0.4) is 0 Å². The Morgan fingerprint density at radius 2 is 1.73 bits per heavy atom. The third-order valence-electron chi connectivity index (χ3n) is 5.31. The number of hydrogen-bond acceptors (Lipinski definition) is 10. The van der Waals surface area contributed by atoms with E-state index in [0.29, 0.717) is 39.9 Å². The number of nitrogens with one attached hydrogen (secondary N) is 3. The summed E-state index contributed by atoms with van der Waals surface area (Å²) in [5.41, 5.74) is 1.02. The Morgan fingerprint density at radius 1 is 0.973 bits per heavy atom. The lowest BCUT2D eigenvalue weighted by molar-refractivity contribution is 0.0782. The Bertz CT molecular complexity index is 1410. The number of nitrogens with zero attached hydrogens (tertiary/aromatic N) is 5. The highest BCUT2D eigenvalue weighted by Crippen LogP contribution is 2.37. The summed E-state index contributed by atoms with van der Waals surface area (Å²) in [7, 11) is 2.97. The van der Waals surface area contributed by atoms with E-state index in [1.54, 1.807) is 56.4 Å². The molecule has 4 N–H and O–H groups in total. The first-order valence-corrected chi connectivity index (χ1v) is 11.2. The van der Waals surface area contributed by atoms with E-state index in [4.69, 9.17) is 4.74 Å². The number of hydrogen-bond donors (Lipinski definition) is 4. The molecule has 1 amide bonds. The maximum absolute atomic E-state index is 13.3. The average Bonchev–Trinajstić information content (AvgIpc) is 2.88. The second-order valence-electron chi connectivity index (χ2n) is 8.42. The average molecular weight is 505 g/mol. The second-order valence-corrected chi connectivity index (χ2v) is 8.42. The third kappa shape index (κ3) is 5.76. The number of aromatic nitrogens is 5. The van der Waals surface area contributed by atoms with E-state index in [1.807, 2.05) is 0 Å². The molecule has 4 aromatic rings. The molecule has 0 aliphatic carbocycles. The van der Waals surface area contributed by atoms with Gasteiger partial charge in [-0.1, -0.05) is 12.1 Å². The zero-order chi connectivity index (χ0) is 26.6. The van der Waals surface area contributed by atoms with Crippen molar-refractivity contribution in [1.29, 1.82) is 0 Å². The van der Waals surface area contributed by atoms with Gasteiger partial charge in [0, 0.05) is 24.9 Å². The third-order valence-corrected chi connectivity index (χ3v) is 5.31. The van der Waals surface area contributed by atoms with Crippen molar-refractivity contribution in [2.24, 2.45) is 0 Å². The molecular weight excluding hydrogens is 479 g/mol. The molecule has 12 heteroatoms. The smallest absolute Gasteiger partial charge is 0.273 e. The number of aliphatic hydroxyl groups is 1. The lowest BCUT2D eigenvalue weighted by atomic mass is 10.0. The van der Waals surface area contributed by atoms with Crippen molar-refractivity contribution in [2.45, 2.75) is 19.4 Å². The molecule has 11 nitrogen and oxygen atoms in total. The minimum Gasteiger partial charge on any atom is -0.494 e. The van der Waals surface area contributed by atoms with Crippen LogP contribution in [0.25, 0.3) is 11.4 Å². The predicted molar refractivity (Wildman–Crippen MR) is 135 cm³/mol. The molecular formula is C25H25FN8O3. The SMILES string of the molecule is CNC(=O)c1nnc(Nc2ccc(C(C)(C)O)cn2)cc1Nc1cccc(-c2ncc(F)cn2)c1OC. The fraction of sp³-hybridized carbons (Fsp3) is 0.200. The van der Waals surface area contributed by atoms with Crippen molar-refractivity contribution >= 4 is 28.9 Å². The van der Waals surface area contributed by atoms with Crippen LogP contribution in [0.5, 0.6) is 5.75 Å². The summed E-state index contributed by atoms with van der Waals surface area (Å²) < 4.78 is 18.9. The van der Waals surface area contributed by atoms with E-state index in [1.165, 1.54) is 14.2 Å². The first kappa shape index (κ1) is 25.4. The van der Waals surface area contributed by atoms with Gasteiger partial charge in [-0.25, -0.2) is 19.3 Å². The molecule has 37 heavy (non-hydrogen) atoms. The number of methoxy groups -OCH3 is 1. The lowest BCUT2D eigenvalue weighted by Crippen LogP contribution is -2.21. The van der Waals surface area contributed by atoms with Crippen molar-refractivity contribution < 1.29 is 19.0 Å². The molecule has 0 saturated carbocycles. The highest BCUT2D eigenvalue weighted by atomic mass is 19.1. The van der Waals surface area contributed by atoms with E-state index in [2.05, 4.69) is 41.1 Å². The normalized spacial score (nSPS) is 11.1.